The highest BCUT2D eigenvalue weighted by Gasteiger charge is 2.53. The van der Waals surface area contributed by atoms with Crippen molar-refractivity contribution in [2.45, 2.75) is 107 Å². The fourth-order valence-electron chi connectivity index (χ4n) is 6.80. The van der Waals surface area contributed by atoms with E-state index in [0.29, 0.717) is 0 Å². The second-order valence-electron chi connectivity index (χ2n) is 13.2. The largest absolute Gasteiger partial charge is 0.497 e. The van der Waals surface area contributed by atoms with Crippen LogP contribution in [0, 0.1) is 13.8 Å². The monoisotopic (exact) mass is 576 g/mol. The van der Waals surface area contributed by atoms with Crippen LogP contribution in [0.1, 0.15) is 114 Å². The average molecular weight is 577 g/mol. The van der Waals surface area contributed by atoms with Crippen molar-refractivity contribution in [3.63, 3.8) is 0 Å². The highest BCUT2D eigenvalue weighted by Crippen LogP contribution is 2.44. The van der Waals surface area contributed by atoms with Gasteiger partial charge in [0.2, 0.25) is 0 Å². The normalized spacial score (nSPS) is 17.9. The van der Waals surface area contributed by atoms with E-state index in [4.69, 9.17) is 19.3 Å². The van der Waals surface area contributed by atoms with Crippen LogP contribution < -0.4 is 0 Å². The molecule has 0 amide bonds. The number of fused-ring (bicyclic) bond motifs is 8. The van der Waals surface area contributed by atoms with Gasteiger partial charge in [0.05, 0.1) is 34.0 Å². The highest BCUT2D eigenvalue weighted by atomic mass is 16.7. The second kappa shape index (κ2) is 10.3. The van der Waals surface area contributed by atoms with Gasteiger partial charge >= 0.3 is 7.12 Å². The molecule has 3 aromatic heterocycles. The third kappa shape index (κ3) is 4.63. The number of nitrogens with zero attached hydrogens (tertiary/aromatic N) is 2. The minimum absolute atomic E-state index is 0.454. The van der Waals surface area contributed by atoms with Crippen molar-refractivity contribution in [1.82, 2.24) is 19.9 Å². The van der Waals surface area contributed by atoms with Crippen LogP contribution in [0.15, 0.2) is 24.3 Å². The van der Waals surface area contributed by atoms with E-state index in [9.17, 15) is 0 Å². The zero-order chi connectivity index (χ0) is 31.0. The summed E-state index contributed by atoms with van der Waals surface area (Å²) in [5, 5.41) is 0. The molecule has 3 aliphatic rings. The molecular formula is C36H45BN4O2. The molecule has 1 saturated heterocycles. The zero-order valence-electron chi connectivity index (χ0n) is 27.7. The van der Waals surface area contributed by atoms with Crippen molar-refractivity contribution in [2.24, 2.45) is 0 Å². The van der Waals surface area contributed by atoms with E-state index in [-0.39, 0.29) is 0 Å². The topological polar surface area (TPSA) is 75.8 Å². The molecule has 3 aromatic rings. The molecule has 3 aliphatic heterocycles. The van der Waals surface area contributed by atoms with Gasteiger partial charge in [0, 0.05) is 27.5 Å². The van der Waals surface area contributed by atoms with E-state index in [2.05, 4.69) is 110 Å². The summed E-state index contributed by atoms with van der Waals surface area (Å²) in [6.07, 6.45) is 2.78. The SMILES string of the molecule is CCC1=C(C)c2cc3nc(cc4[nH]c(cc5[nH]c(cc1n2)c(C)c5CC)c(C)c4CC)C(C)=C3B1OC(C)(C)C(C)(C)O1. The van der Waals surface area contributed by atoms with Gasteiger partial charge in [-0.2, -0.15) is 0 Å². The molecule has 8 bridgehead atoms. The Hall–Kier alpha value is -3.42. The minimum atomic E-state index is -0.521. The maximum atomic E-state index is 6.60. The Labute approximate surface area is 256 Å². The van der Waals surface area contributed by atoms with Gasteiger partial charge in [-0.05, 0) is 138 Å². The summed E-state index contributed by atoms with van der Waals surface area (Å²) < 4.78 is 13.2. The van der Waals surface area contributed by atoms with Crippen LogP contribution in [0.3, 0.4) is 0 Å². The fraction of sp³-hybridized carbons (Fsp3) is 0.444. The summed E-state index contributed by atoms with van der Waals surface area (Å²) >= 11 is 0. The molecule has 6 heterocycles. The van der Waals surface area contributed by atoms with Crippen molar-refractivity contribution in [1.29, 1.82) is 0 Å². The number of hydrogen-bond donors (Lipinski definition) is 2. The van der Waals surface area contributed by atoms with Crippen LogP contribution in [0.25, 0.3) is 44.3 Å². The van der Waals surface area contributed by atoms with Crippen molar-refractivity contribution < 1.29 is 9.31 Å². The minimum Gasteiger partial charge on any atom is -0.399 e. The Kier molecular flexibility index (Phi) is 7.13. The van der Waals surface area contributed by atoms with Crippen molar-refractivity contribution in [2.75, 3.05) is 0 Å². The van der Waals surface area contributed by atoms with Crippen molar-refractivity contribution in [3.8, 4) is 0 Å². The first-order valence-corrected chi connectivity index (χ1v) is 15.8. The first-order chi connectivity index (χ1) is 20.3. The molecule has 224 valence electrons. The van der Waals surface area contributed by atoms with Crippen LogP contribution in [0.4, 0.5) is 0 Å². The van der Waals surface area contributed by atoms with Crippen LogP contribution in [0.2, 0.25) is 0 Å². The Morgan fingerprint density at radius 1 is 0.605 bits per heavy atom. The van der Waals surface area contributed by atoms with E-state index >= 15 is 0 Å². The summed E-state index contributed by atoms with van der Waals surface area (Å²) in [5.41, 5.74) is 17.0. The molecule has 43 heavy (non-hydrogen) atoms. The molecular weight excluding hydrogens is 531 g/mol. The van der Waals surface area contributed by atoms with Gasteiger partial charge in [-0.1, -0.05) is 20.8 Å². The summed E-state index contributed by atoms with van der Waals surface area (Å²) in [5.74, 6) is 0. The maximum Gasteiger partial charge on any atom is 0.497 e. The Morgan fingerprint density at radius 2 is 1.09 bits per heavy atom. The molecule has 0 aromatic carbocycles. The van der Waals surface area contributed by atoms with Gasteiger partial charge in [-0.3, -0.25) is 0 Å². The second-order valence-corrected chi connectivity index (χ2v) is 13.2. The first-order valence-electron chi connectivity index (χ1n) is 15.8. The van der Waals surface area contributed by atoms with Gasteiger partial charge < -0.3 is 19.3 Å². The highest BCUT2D eigenvalue weighted by molar-refractivity contribution is 6.71. The molecule has 0 unspecified atom stereocenters. The van der Waals surface area contributed by atoms with Crippen molar-refractivity contribution >= 4 is 51.4 Å². The van der Waals surface area contributed by atoms with E-state index < -0.39 is 18.3 Å². The third-order valence-electron chi connectivity index (χ3n) is 10.3. The van der Waals surface area contributed by atoms with Gasteiger partial charge in [0.15, 0.2) is 0 Å². The predicted molar refractivity (Wildman–Crippen MR) is 181 cm³/mol. The molecule has 6 rings (SSSR count). The van der Waals surface area contributed by atoms with E-state index in [1.165, 1.54) is 33.4 Å². The molecule has 2 N–H and O–H groups in total. The maximum absolute atomic E-state index is 6.60. The molecule has 7 heteroatoms. The van der Waals surface area contributed by atoms with Gasteiger partial charge in [-0.25, -0.2) is 9.97 Å². The molecule has 0 aliphatic carbocycles. The standard InChI is InChI=1S/C36H45BN4O2/c1-12-23-19(4)26-16-31-25(14-3)21(6)28(40-31)18-33-34(37-42-35(8,9)36(10,11)43-37)22(7)29(41-33)17-32-24(13-2)20(5)27(39-32)15-30(23)38-26/h15-18,38-39H,12-14H2,1-11H3. The summed E-state index contributed by atoms with van der Waals surface area (Å²) in [7, 11) is -0.521. The Bertz CT molecular complexity index is 1870. The molecule has 1 fully saturated rings. The third-order valence-corrected chi connectivity index (χ3v) is 10.3. The van der Waals surface area contributed by atoms with E-state index in [0.717, 1.165) is 75.2 Å². The predicted octanol–water partition coefficient (Wildman–Crippen LogP) is 8.96. The first kappa shape index (κ1) is 29.6. The number of aryl methyl sites for hydroxylation is 4. The molecule has 0 atom stereocenters. The van der Waals surface area contributed by atoms with Crippen LogP contribution in [0.5, 0.6) is 0 Å². The number of aromatic amines is 2. The number of hydrogen-bond acceptors (Lipinski definition) is 4. The zero-order valence-corrected chi connectivity index (χ0v) is 27.7. The lowest BCUT2D eigenvalue weighted by atomic mass is 9.74. The van der Waals surface area contributed by atoms with E-state index in [1.807, 2.05) is 0 Å². The number of nitrogens with one attached hydrogen (secondary N) is 2. The van der Waals surface area contributed by atoms with Gasteiger partial charge in [-0.15, -0.1) is 0 Å². The van der Waals surface area contributed by atoms with Crippen molar-refractivity contribution in [3.05, 3.63) is 69.3 Å². The van der Waals surface area contributed by atoms with Crippen LogP contribution >= 0.6 is 0 Å². The number of allylic oxidation sites excluding steroid dienone is 3. The Morgan fingerprint density at radius 3 is 1.65 bits per heavy atom. The summed E-state index contributed by atoms with van der Waals surface area (Å²) in [4.78, 5) is 18.0. The number of aromatic nitrogens is 4. The lowest BCUT2D eigenvalue weighted by Crippen LogP contribution is -2.41. The number of H-pyrrole nitrogens is 2. The fourth-order valence-corrected chi connectivity index (χ4v) is 6.80. The molecule has 0 saturated carbocycles. The number of rotatable bonds is 4. The van der Waals surface area contributed by atoms with Gasteiger partial charge in [0.1, 0.15) is 0 Å². The van der Waals surface area contributed by atoms with Crippen LogP contribution in [-0.4, -0.2) is 38.3 Å². The smallest absolute Gasteiger partial charge is 0.399 e. The average Bonchev–Trinajstić information content (AvgIpc) is 3.65. The van der Waals surface area contributed by atoms with Crippen LogP contribution in [-0.2, 0) is 22.2 Å². The van der Waals surface area contributed by atoms with E-state index in [1.54, 1.807) is 0 Å². The quantitative estimate of drug-likeness (QED) is 0.304. The summed E-state index contributed by atoms with van der Waals surface area (Å²) in [6.45, 7) is 23.8. The lowest BCUT2D eigenvalue weighted by molar-refractivity contribution is 0.00578. The summed E-state index contributed by atoms with van der Waals surface area (Å²) in [6, 6.07) is 8.83. The molecule has 6 nitrogen and oxygen atoms in total. The lowest BCUT2D eigenvalue weighted by Gasteiger charge is -2.32. The molecule has 0 spiro atoms. The Balaban J connectivity index is 1.74. The van der Waals surface area contributed by atoms with Gasteiger partial charge in [0.25, 0.3) is 0 Å². The molecule has 0 radical (unpaired) electrons.